The fraction of sp³-hybridized carbons (Fsp3) is 0.0909. The molecule has 0 saturated carbocycles. The Bertz CT molecular complexity index is 1020. The van der Waals surface area contributed by atoms with E-state index < -0.39 is 15.8 Å². The van der Waals surface area contributed by atoms with Gasteiger partial charge in [-0.15, -0.1) is 6.58 Å². The van der Waals surface area contributed by atoms with Gasteiger partial charge in [0.25, 0.3) is 10.0 Å². The molecule has 0 aliphatic heterocycles. The first-order valence-corrected chi connectivity index (χ1v) is 10.1. The number of sulfonamides is 1. The van der Waals surface area contributed by atoms with Gasteiger partial charge in [0.15, 0.2) is 0 Å². The van der Waals surface area contributed by atoms with Crippen LogP contribution in [-0.2, 0) is 16.6 Å². The van der Waals surface area contributed by atoms with E-state index in [1.54, 1.807) is 24.3 Å². The van der Waals surface area contributed by atoms with E-state index in [0.717, 1.165) is 17.7 Å². The molecule has 3 aromatic carbocycles. The molecule has 0 fully saturated rings. The number of hydrogen-bond donors (Lipinski definition) is 0. The predicted molar refractivity (Wildman–Crippen MR) is 108 cm³/mol. The van der Waals surface area contributed by atoms with Gasteiger partial charge < -0.3 is 4.74 Å². The molecule has 3 rings (SSSR count). The van der Waals surface area contributed by atoms with Gasteiger partial charge in [-0.3, -0.25) is 4.31 Å². The summed E-state index contributed by atoms with van der Waals surface area (Å²) in [4.78, 5) is 0.0140. The van der Waals surface area contributed by atoms with Gasteiger partial charge in [0, 0.05) is 0 Å². The molecule has 0 aliphatic carbocycles. The number of benzene rings is 3. The van der Waals surface area contributed by atoms with Crippen molar-refractivity contribution in [3.8, 4) is 5.75 Å². The van der Waals surface area contributed by atoms with Crippen LogP contribution >= 0.6 is 0 Å². The quantitative estimate of drug-likeness (QED) is 0.514. The molecule has 0 radical (unpaired) electrons. The largest absolute Gasteiger partial charge is 0.489 e. The summed E-state index contributed by atoms with van der Waals surface area (Å²) >= 11 is 0. The van der Waals surface area contributed by atoms with Crippen molar-refractivity contribution in [2.24, 2.45) is 0 Å². The molecular formula is C22H20FNO3S. The van der Waals surface area contributed by atoms with Gasteiger partial charge in [-0.2, -0.15) is 0 Å². The molecule has 0 aliphatic rings. The Kier molecular flexibility index (Phi) is 6.11. The molecule has 0 saturated heterocycles. The van der Waals surface area contributed by atoms with Gasteiger partial charge >= 0.3 is 0 Å². The molecule has 0 aromatic heterocycles. The van der Waals surface area contributed by atoms with Gasteiger partial charge in [-0.05, 0) is 54.1 Å². The average molecular weight is 397 g/mol. The predicted octanol–water partition coefficient (Wildman–Crippen LogP) is 4.79. The SMILES string of the molecule is C=CCN(c1ccc(OCc2ccccc2)cc1)S(=O)(=O)c1ccc(F)cc1. The maximum atomic E-state index is 13.1. The van der Waals surface area contributed by atoms with Crippen LogP contribution in [0.5, 0.6) is 5.75 Å². The number of anilines is 1. The highest BCUT2D eigenvalue weighted by molar-refractivity contribution is 7.92. The monoisotopic (exact) mass is 397 g/mol. The molecule has 0 unspecified atom stereocenters. The lowest BCUT2D eigenvalue weighted by Gasteiger charge is -2.23. The van der Waals surface area contributed by atoms with Crippen LogP contribution in [0.15, 0.2) is 96.4 Å². The zero-order valence-electron chi connectivity index (χ0n) is 15.2. The molecule has 0 spiro atoms. The second kappa shape index (κ2) is 8.71. The fourth-order valence-electron chi connectivity index (χ4n) is 2.64. The Morgan fingerprint density at radius 3 is 2.18 bits per heavy atom. The van der Waals surface area contributed by atoms with Crippen molar-refractivity contribution < 1.29 is 17.5 Å². The topological polar surface area (TPSA) is 46.6 Å². The van der Waals surface area contributed by atoms with E-state index in [0.29, 0.717) is 18.0 Å². The first-order valence-electron chi connectivity index (χ1n) is 8.67. The molecule has 144 valence electrons. The zero-order chi connectivity index (χ0) is 20.0. The molecule has 0 amide bonds. The van der Waals surface area contributed by atoms with Crippen LogP contribution in [0.3, 0.4) is 0 Å². The fourth-order valence-corrected chi connectivity index (χ4v) is 4.08. The summed E-state index contributed by atoms with van der Waals surface area (Å²) in [5.74, 6) is 0.138. The van der Waals surface area contributed by atoms with Crippen LogP contribution in [0.1, 0.15) is 5.56 Å². The van der Waals surface area contributed by atoms with Gasteiger partial charge in [-0.25, -0.2) is 12.8 Å². The Labute approximate surface area is 164 Å². The van der Waals surface area contributed by atoms with Gasteiger partial charge in [0.1, 0.15) is 18.2 Å². The molecule has 4 nitrogen and oxygen atoms in total. The lowest BCUT2D eigenvalue weighted by Crippen LogP contribution is -2.31. The standard InChI is InChI=1S/C22H20FNO3S/c1-2-16-24(28(25,26)22-14-8-19(23)9-15-22)20-10-12-21(13-11-20)27-17-18-6-4-3-5-7-18/h2-15H,1,16-17H2. The van der Waals surface area contributed by atoms with E-state index >= 15 is 0 Å². The maximum Gasteiger partial charge on any atom is 0.264 e. The van der Waals surface area contributed by atoms with E-state index in [9.17, 15) is 12.8 Å². The minimum Gasteiger partial charge on any atom is -0.489 e. The Hall–Kier alpha value is -3.12. The number of nitrogens with zero attached hydrogens (tertiary/aromatic N) is 1. The van der Waals surface area contributed by atoms with Crippen LogP contribution in [0.25, 0.3) is 0 Å². The molecule has 6 heteroatoms. The first kappa shape index (κ1) is 19.6. The third-order valence-corrected chi connectivity index (χ3v) is 5.88. The highest BCUT2D eigenvalue weighted by atomic mass is 32.2. The zero-order valence-corrected chi connectivity index (χ0v) is 16.0. The van der Waals surface area contributed by atoms with Crippen molar-refractivity contribution in [3.63, 3.8) is 0 Å². The normalized spacial score (nSPS) is 11.0. The third-order valence-electron chi connectivity index (χ3n) is 4.07. The summed E-state index contributed by atoms with van der Waals surface area (Å²) in [5, 5.41) is 0. The molecule has 0 heterocycles. The van der Waals surface area contributed by atoms with Gasteiger partial charge in [-0.1, -0.05) is 36.4 Å². The summed E-state index contributed by atoms with van der Waals surface area (Å²) in [6.07, 6.45) is 1.50. The van der Waals surface area contributed by atoms with Crippen LogP contribution < -0.4 is 9.04 Å². The van der Waals surface area contributed by atoms with Crippen molar-refractivity contribution >= 4 is 15.7 Å². The van der Waals surface area contributed by atoms with Crippen molar-refractivity contribution in [1.82, 2.24) is 0 Å². The third kappa shape index (κ3) is 4.58. The molecule has 28 heavy (non-hydrogen) atoms. The summed E-state index contributed by atoms with van der Waals surface area (Å²) in [7, 11) is -3.85. The number of hydrogen-bond acceptors (Lipinski definition) is 3. The average Bonchev–Trinajstić information content (AvgIpc) is 2.72. The molecule has 0 atom stereocenters. The molecule has 0 N–H and O–H groups in total. The van der Waals surface area contributed by atoms with E-state index in [1.165, 1.54) is 22.5 Å². The lowest BCUT2D eigenvalue weighted by molar-refractivity contribution is 0.306. The lowest BCUT2D eigenvalue weighted by atomic mass is 10.2. The highest BCUT2D eigenvalue weighted by Gasteiger charge is 2.24. The minimum absolute atomic E-state index is 0.0140. The smallest absolute Gasteiger partial charge is 0.264 e. The van der Waals surface area contributed by atoms with Gasteiger partial charge in [0.2, 0.25) is 0 Å². The Morgan fingerprint density at radius 1 is 0.929 bits per heavy atom. The van der Waals surface area contributed by atoms with E-state index in [-0.39, 0.29) is 11.4 Å². The second-order valence-electron chi connectivity index (χ2n) is 6.05. The van der Waals surface area contributed by atoms with Crippen LogP contribution in [0.4, 0.5) is 10.1 Å². The van der Waals surface area contributed by atoms with E-state index in [2.05, 4.69) is 6.58 Å². The maximum absolute atomic E-state index is 13.1. The highest BCUT2D eigenvalue weighted by Crippen LogP contribution is 2.26. The van der Waals surface area contributed by atoms with E-state index in [1.807, 2.05) is 30.3 Å². The summed E-state index contributed by atoms with van der Waals surface area (Å²) in [6.45, 7) is 4.15. The van der Waals surface area contributed by atoms with Crippen LogP contribution in [0, 0.1) is 5.82 Å². The van der Waals surface area contributed by atoms with Crippen LogP contribution in [0.2, 0.25) is 0 Å². The number of halogens is 1. The molecule has 0 bridgehead atoms. The summed E-state index contributed by atoms with van der Waals surface area (Å²) in [6, 6.07) is 21.3. The summed E-state index contributed by atoms with van der Waals surface area (Å²) in [5.41, 5.74) is 1.51. The van der Waals surface area contributed by atoms with Crippen molar-refractivity contribution in [2.75, 3.05) is 10.8 Å². The Balaban J connectivity index is 1.80. The first-order chi connectivity index (χ1) is 13.5. The number of rotatable bonds is 8. The van der Waals surface area contributed by atoms with Crippen molar-refractivity contribution in [2.45, 2.75) is 11.5 Å². The molecule has 3 aromatic rings. The Morgan fingerprint density at radius 2 is 1.57 bits per heavy atom. The number of ether oxygens (including phenoxy) is 1. The second-order valence-corrected chi connectivity index (χ2v) is 7.91. The van der Waals surface area contributed by atoms with Gasteiger partial charge in [0.05, 0.1) is 17.1 Å². The molecular weight excluding hydrogens is 377 g/mol. The summed E-state index contributed by atoms with van der Waals surface area (Å²) < 4.78 is 46.0. The van der Waals surface area contributed by atoms with E-state index in [4.69, 9.17) is 4.74 Å². The van der Waals surface area contributed by atoms with Crippen molar-refractivity contribution in [3.05, 3.63) is 103 Å². The van der Waals surface area contributed by atoms with Crippen LogP contribution in [-0.4, -0.2) is 15.0 Å². The minimum atomic E-state index is -3.85. The van der Waals surface area contributed by atoms with Crippen molar-refractivity contribution in [1.29, 1.82) is 0 Å².